The van der Waals surface area contributed by atoms with Gasteiger partial charge in [0.1, 0.15) is 5.76 Å². The largest absolute Gasteiger partial charge is 0.496 e. The van der Waals surface area contributed by atoms with Gasteiger partial charge in [-0.1, -0.05) is 24.6 Å². The highest BCUT2D eigenvalue weighted by Gasteiger charge is 2.21. The van der Waals surface area contributed by atoms with Crippen molar-refractivity contribution >= 4 is 11.6 Å². The number of nitrogens with one attached hydrogen (secondary N) is 1. The van der Waals surface area contributed by atoms with Crippen molar-refractivity contribution in [3.8, 4) is 0 Å². The van der Waals surface area contributed by atoms with E-state index in [1.807, 2.05) is 12.1 Å². The van der Waals surface area contributed by atoms with E-state index in [1.54, 1.807) is 0 Å². The smallest absolute Gasteiger partial charge is 0.114 e. The first-order valence-corrected chi connectivity index (χ1v) is 6.42. The highest BCUT2D eigenvalue weighted by Crippen LogP contribution is 2.30. The number of aryl methyl sites for hydroxylation is 1. The van der Waals surface area contributed by atoms with Crippen LogP contribution in [0.2, 0.25) is 5.02 Å². The molecule has 0 saturated carbocycles. The summed E-state index contributed by atoms with van der Waals surface area (Å²) in [5, 5.41) is 4.23. The lowest BCUT2D eigenvalue weighted by molar-refractivity contribution is 0.216. The highest BCUT2D eigenvalue weighted by molar-refractivity contribution is 6.30. The normalized spacial score (nSPS) is 16.5. The Bertz CT molecular complexity index is 428. The van der Waals surface area contributed by atoms with Crippen LogP contribution in [0.5, 0.6) is 0 Å². The minimum absolute atomic E-state index is 0.126. The molecule has 1 aromatic rings. The Balaban J connectivity index is 2.34. The second kappa shape index (κ2) is 5.56. The summed E-state index contributed by atoms with van der Waals surface area (Å²) in [5.41, 5.74) is 2.43. The predicted molar refractivity (Wildman–Crippen MR) is 71.3 cm³/mol. The van der Waals surface area contributed by atoms with Crippen LogP contribution >= 0.6 is 11.6 Å². The van der Waals surface area contributed by atoms with Gasteiger partial charge in [0.2, 0.25) is 0 Å². The summed E-state index contributed by atoms with van der Waals surface area (Å²) in [6, 6.07) is 6.12. The zero-order chi connectivity index (χ0) is 12.3. The van der Waals surface area contributed by atoms with E-state index >= 15 is 0 Å². The van der Waals surface area contributed by atoms with E-state index in [-0.39, 0.29) is 6.04 Å². The molecule has 1 aliphatic heterocycles. The van der Waals surface area contributed by atoms with Crippen molar-refractivity contribution < 1.29 is 4.74 Å². The van der Waals surface area contributed by atoms with Crippen LogP contribution in [0.3, 0.4) is 0 Å². The molecule has 1 aromatic carbocycles. The maximum Gasteiger partial charge on any atom is 0.114 e. The molecular formula is C14H18ClNO. The third-order valence-corrected chi connectivity index (χ3v) is 3.21. The minimum atomic E-state index is 0.126. The topological polar surface area (TPSA) is 21.3 Å². The zero-order valence-electron chi connectivity index (χ0n) is 10.3. The standard InChI is InChI=1S/C14H18ClNO/c1-3-16-14(13-5-4-8-17-13)12-9-11(15)7-6-10(12)2/h5-7,9,14,16H,3-4,8H2,1-2H3. The van der Waals surface area contributed by atoms with Gasteiger partial charge in [-0.05, 0) is 42.8 Å². The maximum absolute atomic E-state index is 6.08. The molecule has 92 valence electrons. The fourth-order valence-electron chi connectivity index (χ4n) is 2.13. The van der Waals surface area contributed by atoms with E-state index < -0.39 is 0 Å². The molecule has 17 heavy (non-hydrogen) atoms. The average molecular weight is 252 g/mol. The molecule has 0 radical (unpaired) electrons. The summed E-state index contributed by atoms with van der Waals surface area (Å²) in [6.07, 6.45) is 3.16. The van der Waals surface area contributed by atoms with Crippen molar-refractivity contribution in [2.24, 2.45) is 0 Å². The van der Waals surface area contributed by atoms with Crippen LogP contribution in [0.1, 0.15) is 30.5 Å². The lowest BCUT2D eigenvalue weighted by Crippen LogP contribution is -2.23. The van der Waals surface area contributed by atoms with Gasteiger partial charge in [-0.3, -0.25) is 0 Å². The number of hydrogen-bond donors (Lipinski definition) is 1. The van der Waals surface area contributed by atoms with Gasteiger partial charge in [0, 0.05) is 11.4 Å². The molecule has 0 spiro atoms. The monoisotopic (exact) mass is 251 g/mol. The van der Waals surface area contributed by atoms with Crippen LogP contribution in [0.25, 0.3) is 0 Å². The van der Waals surface area contributed by atoms with E-state index in [4.69, 9.17) is 16.3 Å². The summed E-state index contributed by atoms with van der Waals surface area (Å²) < 4.78 is 5.67. The SMILES string of the molecule is CCNC(C1=CCCO1)c1cc(Cl)ccc1C. The van der Waals surface area contributed by atoms with Gasteiger partial charge in [0.25, 0.3) is 0 Å². The first kappa shape index (κ1) is 12.5. The van der Waals surface area contributed by atoms with Crippen molar-refractivity contribution in [1.29, 1.82) is 0 Å². The Morgan fingerprint density at radius 3 is 2.94 bits per heavy atom. The van der Waals surface area contributed by atoms with Gasteiger partial charge >= 0.3 is 0 Å². The quantitative estimate of drug-likeness (QED) is 0.883. The van der Waals surface area contributed by atoms with Gasteiger partial charge in [-0.15, -0.1) is 0 Å². The third kappa shape index (κ3) is 2.82. The highest BCUT2D eigenvalue weighted by atomic mass is 35.5. The molecule has 1 N–H and O–H groups in total. The fraction of sp³-hybridized carbons (Fsp3) is 0.429. The van der Waals surface area contributed by atoms with Gasteiger partial charge in [-0.2, -0.15) is 0 Å². The van der Waals surface area contributed by atoms with Crippen LogP contribution in [0, 0.1) is 6.92 Å². The first-order chi connectivity index (χ1) is 8.22. The van der Waals surface area contributed by atoms with Gasteiger partial charge in [0.15, 0.2) is 0 Å². The molecule has 1 atom stereocenters. The number of hydrogen-bond acceptors (Lipinski definition) is 2. The Morgan fingerprint density at radius 2 is 2.29 bits per heavy atom. The lowest BCUT2D eigenvalue weighted by Gasteiger charge is -2.21. The van der Waals surface area contributed by atoms with Crippen molar-refractivity contribution in [3.63, 3.8) is 0 Å². The van der Waals surface area contributed by atoms with E-state index in [9.17, 15) is 0 Å². The summed E-state index contributed by atoms with van der Waals surface area (Å²) in [4.78, 5) is 0. The molecule has 0 amide bonds. The molecule has 1 heterocycles. The Morgan fingerprint density at radius 1 is 1.47 bits per heavy atom. The van der Waals surface area contributed by atoms with Crippen LogP contribution in [-0.2, 0) is 4.74 Å². The van der Waals surface area contributed by atoms with E-state index in [2.05, 4.69) is 31.3 Å². The molecule has 2 nitrogen and oxygen atoms in total. The second-order valence-corrected chi connectivity index (χ2v) is 4.67. The second-order valence-electron chi connectivity index (χ2n) is 4.24. The van der Waals surface area contributed by atoms with Gasteiger partial charge in [0.05, 0.1) is 12.6 Å². The van der Waals surface area contributed by atoms with E-state index in [1.165, 1.54) is 11.1 Å². The van der Waals surface area contributed by atoms with Crippen LogP contribution < -0.4 is 5.32 Å². The lowest BCUT2D eigenvalue weighted by atomic mass is 9.99. The number of halogens is 1. The molecule has 2 rings (SSSR count). The first-order valence-electron chi connectivity index (χ1n) is 6.04. The number of likely N-dealkylation sites (N-methyl/N-ethyl adjacent to an activating group) is 1. The predicted octanol–water partition coefficient (Wildman–Crippen LogP) is 3.60. The molecule has 0 aliphatic carbocycles. The molecule has 0 aromatic heterocycles. The van der Waals surface area contributed by atoms with Crippen LogP contribution in [0.4, 0.5) is 0 Å². The van der Waals surface area contributed by atoms with Crippen LogP contribution in [0.15, 0.2) is 30.0 Å². The van der Waals surface area contributed by atoms with Crippen molar-refractivity contribution in [2.45, 2.75) is 26.3 Å². The number of benzene rings is 1. The molecule has 0 fully saturated rings. The van der Waals surface area contributed by atoms with E-state index in [0.29, 0.717) is 0 Å². The molecule has 0 saturated heterocycles. The Kier molecular flexibility index (Phi) is 4.08. The average Bonchev–Trinajstić information content (AvgIpc) is 2.83. The summed E-state index contributed by atoms with van der Waals surface area (Å²) in [5.74, 6) is 1.03. The van der Waals surface area contributed by atoms with Gasteiger partial charge in [-0.25, -0.2) is 0 Å². The van der Waals surface area contributed by atoms with Crippen molar-refractivity contribution in [1.82, 2.24) is 5.32 Å². The summed E-state index contributed by atoms with van der Waals surface area (Å²) in [6.45, 7) is 5.89. The number of rotatable bonds is 4. The summed E-state index contributed by atoms with van der Waals surface area (Å²) in [7, 11) is 0. The van der Waals surface area contributed by atoms with Crippen molar-refractivity contribution in [3.05, 3.63) is 46.2 Å². The Labute approximate surface area is 108 Å². The fourth-order valence-corrected chi connectivity index (χ4v) is 2.31. The molecule has 0 bridgehead atoms. The van der Waals surface area contributed by atoms with Gasteiger partial charge < -0.3 is 10.1 Å². The molecule has 1 unspecified atom stereocenters. The third-order valence-electron chi connectivity index (χ3n) is 2.98. The number of ether oxygens (including phenoxy) is 1. The molecule has 3 heteroatoms. The Hall–Kier alpha value is -0.990. The molecule has 1 aliphatic rings. The van der Waals surface area contributed by atoms with E-state index in [0.717, 1.165) is 30.4 Å². The minimum Gasteiger partial charge on any atom is -0.496 e. The summed E-state index contributed by atoms with van der Waals surface area (Å²) >= 11 is 6.08. The maximum atomic E-state index is 6.08. The zero-order valence-corrected chi connectivity index (χ0v) is 11.1. The van der Waals surface area contributed by atoms with Crippen LogP contribution in [-0.4, -0.2) is 13.2 Å². The van der Waals surface area contributed by atoms with Crippen molar-refractivity contribution in [2.75, 3.05) is 13.2 Å². The molecular weight excluding hydrogens is 234 g/mol.